The average molecular weight is 339 g/mol. The van der Waals surface area contributed by atoms with E-state index in [1.54, 1.807) is 20.3 Å². The molecule has 1 heterocycles. The maximum Gasteiger partial charge on any atom is 0.188 e. The molecular formula is C20H21NO4. The molecule has 3 rings (SSSR count). The summed E-state index contributed by atoms with van der Waals surface area (Å²) in [6, 6.07) is 11.8. The predicted octanol–water partition coefficient (Wildman–Crippen LogP) is 3.96. The van der Waals surface area contributed by atoms with Crippen LogP contribution in [0.5, 0.6) is 11.5 Å². The van der Waals surface area contributed by atoms with Crippen LogP contribution >= 0.6 is 0 Å². The predicted molar refractivity (Wildman–Crippen MR) is 97.5 cm³/mol. The molecule has 0 aliphatic carbocycles. The molecule has 5 nitrogen and oxygen atoms in total. The molecule has 0 aliphatic rings. The first kappa shape index (κ1) is 17.0. The first-order valence-corrected chi connectivity index (χ1v) is 7.96. The summed E-state index contributed by atoms with van der Waals surface area (Å²) in [4.78, 5) is 11.7. The van der Waals surface area contributed by atoms with Gasteiger partial charge in [0.2, 0.25) is 0 Å². The Hall–Kier alpha value is -2.79. The molecule has 0 N–H and O–H groups in total. The zero-order valence-electron chi connectivity index (χ0n) is 14.8. The van der Waals surface area contributed by atoms with Gasteiger partial charge in [-0.25, -0.2) is 0 Å². The smallest absolute Gasteiger partial charge is 0.188 e. The van der Waals surface area contributed by atoms with E-state index in [-0.39, 0.29) is 6.79 Å². The maximum absolute atomic E-state index is 11.7. The van der Waals surface area contributed by atoms with Crippen LogP contribution in [0.25, 0.3) is 22.2 Å². The Balaban J connectivity index is 2.41. The number of benzene rings is 2. The molecule has 2 aromatic carbocycles. The van der Waals surface area contributed by atoms with Crippen LogP contribution in [0.4, 0.5) is 0 Å². The van der Waals surface area contributed by atoms with Crippen molar-refractivity contribution in [2.45, 2.75) is 6.92 Å². The van der Waals surface area contributed by atoms with E-state index in [0.29, 0.717) is 17.1 Å². The van der Waals surface area contributed by atoms with Crippen molar-refractivity contribution >= 4 is 17.2 Å². The van der Waals surface area contributed by atoms with Gasteiger partial charge in [0.25, 0.3) is 0 Å². The first-order chi connectivity index (χ1) is 12.1. The van der Waals surface area contributed by atoms with Crippen LogP contribution in [0.1, 0.15) is 15.9 Å². The zero-order valence-corrected chi connectivity index (χ0v) is 14.8. The molecule has 0 unspecified atom stereocenters. The lowest BCUT2D eigenvalue weighted by atomic mass is 10.0. The van der Waals surface area contributed by atoms with Gasteiger partial charge in [-0.1, -0.05) is 30.3 Å². The number of fused-ring (bicyclic) bond motifs is 1. The Kier molecular flexibility index (Phi) is 4.76. The second-order valence-corrected chi connectivity index (χ2v) is 5.79. The molecule has 0 fully saturated rings. The van der Waals surface area contributed by atoms with Crippen molar-refractivity contribution in [3.05, 3.63) is 47.5 Å². The van der Waals surface area contributed by atoms with Crippen molar-refractivity contribution in [1.29, 1.82) is 0 Å². The van der Waals surface area contributed by atoms with E-state index in [9.17, 15) is 4.79 Å². The second kappa shape index (κ2) is 6.99. The van der Waals surface area contributed by atoms with Gasteiger partial charge in [-0.05, 0) is 24.1 Å². The van der Waals surface area contributed by atoms with Crippen LogP contribution in [-0.4, -0.2) is 31.9 Å². The highest BCUT2D eigenvalue weighted by atomic mass is 16.7. The van der Waals surface area contributed by atoms with Crippen LogP contribution in [0.2, 0.25) is 0 Å². The summed E-state index contributed by atoms with van der Waals surface area (Å²) in [7, 11) is 5.08. The summed E-state index contributed by atoms with van der Waals surface area (Å²) in [5.74, 6) is 1.10. The quantitative estimate of drug-likeness (QED) is 0.504. The minimum Gasteiger partial charge on any atom is -0.493 e. The van der Waals surface area contributed by atoms with Gasteiger partial charge in [0.1, 0.15) is 0 Å². The lowest BCUT2D eigenvalue weighted by Crippen LogP contribution is -2.03. The number of carbonyl (C=O) groups is 1. The van der Waals surface area contributed by atoms with Gasteiger partial charge in [0, 0.05) is 19.7 Å². The SMILES string of the molecule is COCOc1c(OC)cc(C=O)c2c1c(C)c(-c1ccccc1)n2C. The summed E-state index contributed by atoms with van der Waals surface area (Å²) >= 11 is 0. The Morgan fingerprint density at radius 2 is 1.88 bits per heavy atom. The Morgan fingerprint density at radius 1 is 1.16 bits per heavy atom. The van der Waals surface area contributed by atoms with E-state index in [1.807, 2.05) is 36.7 Å². The number of aryl methyl sites for hydroxylation is 2. The lowest BCUT2D eigenvalue weighted by Gasteiger charge is -2.13. The third-order valence-electron chi connectivity index (χ3n) is 4.36. The summed E-state index contributed by atoms with van der Waals surface area (Å²) in [5, 5.41) is 0.861. The third-order valence-corrected chi connectivity index (χ3v) is 4.36. The molecule has 1 aromatic heterocycles. The van der Waals surface area contributed by atoms with E-state index in [2.05, 4.69) is 12.1 Å². The number of aldehydes is 1. The number of carbonyl (C=O) groups excluding carboxylic acids is 1. The Bertz CT molecular complexity index is 913. The van der Waals surface area contributed by atoms with E-state index in [0.717, 1.165) is 34.0 Å². The molecule has 25 heavy (non-hydrogen) atoms. The number of methoxy groups -OCH3 is 2. The fourth-order valence-corrected chi connectivity index (χ4v) is 3.35. The van der Waals surface area contributed by atoms with Gasteiger partial charge >= 0.3 is 0 Å². The van der Waals surface area contributed by atoms with Gasteiger partial charge in [0.15, 0.2) is 24.6 Å². The fourth-order valence-electron chi connectivity index (χ4n) is 3.35. The van der Waals surface area contributed by atoms with Crippen LogP contribution in [0, 0.1) is 6.92 Å². The first-order valence-electron chi connectivity index (χ1n) is 7.96. The van der Waals surface area contributed by atoms with E-state index in [4.69, 9.17) is 14.2 Å². The van der Waals surface area contributed by atoms with Crippen molar-refractivity contribution in [3.8, 4) is 22.8 Å². The van der Waals surface area contributed by atoms with Gasteiger partial charge in [0.05, 0.1) is 23.7 Å². The minimum absolute atomic E-state index is 0.0981. The van der Waals surface area contributed by atoms with Crippen molar-refractivity contribution in [3.63, 3.8) is 0 Å². The van der Waals surface area contributed by atoms with Crippen molar-refractivity contribution < 1.29 is 19.0 Å². The number of ether oxygens (including phenoxy) is 3. The Morgan fingerprint density at radius 3 is 2.48 bits per heavy atom. The zero-order chi connectivity index (χ0) is 18.0. The maximum atomic E-state index is 11.7. The largest absolute Gasteiger partial charge is 0.493 e. The standard InChI is InChI=1S/C20H21NO4/c1-13-17-19(21(2)18(13)14-8-6-5-7-9-14)15(11-22)10-16(24-4)20(17)25-12-23-3/h5-11H,12H2,1-4H3. The topological polar surface area (TPSA) is 49.7 Å². The van der Waals surface area contributed by atoms with Crippen LogP contribution in [-0.2, 0) is 11.8 Å². The van der Waals surface area contributed by atoms with Crippen LogP contribution in [0.15, 0.2) is 36.4 Å². The average Bonchev–Trinajstić information content (AvgIpc) is 2.91. The molecule has 0 aliphatic heterocycles. The van der Waals surface area contributed by atoms with Gasteiger partial charge in [-0.15, -0.1) is 0 Å². The van der Waals surface area contributed by atoms with E-state index in [1.165, 1.54) is 0 Å². The molecule has 0 spiro atoms. The molecule has 3 aromatic rings. The van der Waals surface area contributed by atoms with Crippen molar-refractivity contribution in [1.82, 2.24) is 4.57 Å². The van der Waals surface area contributed by atoms with Crippen LogP contribution in [0.3, 0.4) is 0 Å². The number of aromatic nitrogens is 1. The summed E-state index contributed by atoms with van der Waals surface area (Å²) in [6.07, 6.45) is 0.846. The molecule has 0 radical (unpaired) electrons. The van der Waals surface area contributed by atoms with E-state index < -0.39 is 0 Å². The molecule has 0 amide bonds. The summed E-state index contributed by atoms with van der Waals surface area (Å²) in [5.41, 5.74) is 4.51. The van der Waals surface area contributed by atoms with Crippen LogP contribution < -0.4 is 9.47 Å². The fraction of sp³-hybridized carbons (Fsp3) is 0.250. The minimum atomic E-state index is 0.0981. The number of hydrogen-bond donors (Lipinski definition) is 0. The monoisotopic (exact) mass is 339 g/mol. The lowest BCUT2D eigenvalue weighted by molar-refractivity contribution is 0.0503. The molecule has 130 valence electrons. The number of nitrogens with zero attached hydrogens (tertiary/aromatic N) is 1. The summed E-state index contributed by atoms with van der Waals surface area (Å²) in [6.45, 7) is 2.12. The summed E-state index contributed by atoms with van der Waals surface area (Å²) < 4.78 is 18.3. The highest BCUT2D eigenvalue weighted by molar-refractivity contribution is 6.06. The number of hydrogen-bond acceptors (Lipinski definition) is 4. The van der Waals surface area contributed by atoms with Gasteiger partial charge in [-0.2, -0.15) is 0 Å². The molecule has 0 saturated heterocycles. The molecule has 0 atom stereocenters. The normalized spacial score (nSPS) is 10.9. The molecular weight excluding hydrogens is 318 g/mol. The van der Waals surface area contributed by atoms with Gasteiger partial charge in [-0.3, -0.25) is 4.79 Å². The van der Waals surface area contributed by atoms with Crippen molar-refractivity contribution in [2.24, 2.45) is 7.05 Å². The highest BCUT2D eigenvalue weighted by Crippen LogP contribution is 2.44. The Labute approximate surface area is 146 Å². The molecule has 0 saturated carbocycles. The second-order valence-electron chi connectivity index (χ2n) is 5.79. The van der Waals surface area contributed by atoms with E-state index >= 15 is 0 Å². The highest BCUT2D eigenvalue weighted by Gasteiger charge is 2.23. The molecule has 0 bridgehead atoms. The third kappa shape index (κ3) is 2.76. The molecule has 5 heteroatoms. The number of rotatable bonds is 6. The van der Waals surface area contributed by atoms with Gasteiger partial charge < -0.3 is 18.8 Å². The van der Waals surface area contributed by atoms with Crippen molar-refractivity contribution in [2.75, 3.05) is 21.0 Å².